The molecule has 1 saturated heterocycles. The van der Waals surface area contributed by atoms with Crippen LogP contribution in [0.4, 0.5) is 4.39 Å². The summed E-state index contributed by atoms with van der Waals surface area (Å²) in [6.45, 7) is 2.39. The number of rotatable bonds is 6. The minimum Gasteiger partial charge on any atom is -0.373 e. The number of fused-ring (bicyclic) bond motifs is 2. The highest BCUT2D eigenvalue weighted by Crippen LogP contribution is 2.51. The maximum absolute atomic E-state index is 12.5. The van der Waals surface area contributed by atoms with Crippen molar-refractivity contribution in [2.75, 3.05) is 33.4 Å². The van der Waals surface area contributed by atoms with Crippen molar-refractivity contribution in [3.05, 3.63) is 35.4 Å². The average molecular weight is 371 g/mol. The van der Waals surface area contributed by atoms with Crippen LogP contribution < -0.4 is 5.73 Å². The van der Waals surface area contributed by atoms with Gasteiger partial charge >= 0.3 is 0 Å². The summed E-state index contributed by atoms with van der Waals surface area (Å²) in [5.74, 6) is 0.309. The maximum Gasteiger partial charge on any atom is 0.248 e. The standard InChI is InChI=1S/C19H27FN2O2.ClH/c1-24-19(15-6-2-5-14(11-15)18(21)23)16-7-3-8-17(19)13-22(12-16)10-4-9-20;/h2,5-6,11,16-17H,3-4,7-10,12-13H2,1H3,(H2,21,23);1H/t16-,17+,19?;. The molecule has 0 aromatic heterocycles. The van der Waals surface area contributed by atoms with E-state index in [2.05, 4.69) is 11.0 Å². The van der Waals surface area contributed by atoms with Gasteiger partial charge < -0.3 is 15.4 Å². The normalized spacial score (nSPS) is 29.0. The first-order valence-electron chi connectivity index (χ1n) is 8.85. The molecule has 0 spiro atoms. The minimum atomic E-state index is -0.409. The van der Waals surface area contributed by atoms with E-state index in [1.165, 1.54) is 6.42 Å². The van der Waals surface area contributed by atoms with Crippen LogP contribution >= 0.6 is 12.4 Å². The zero-order chi connectivity index (χ0) is 17.2. The third-order valence-corrected chi connectivity index (χ3v) is 5.82. The molecular formula is C19H28ClFN2O2. The highest BCUT2D eigenvalue weighted by Gasteiger charge is 2.53. The molecule has 2 aliphatic rings. The van der Waals surface area contributed by atoms with Crippen molar-refractivity contribution in [3.63, 3.8) is 0 Å². The van der Waals surface area contributed by atoms with Crippen molar-refractivity contribution in [1.29, 1.82) is 0 Å². The summed E-state index contributed by atoms with van der Waals surface area (Å²) in [5.41, 5.74) is 6.69. The van der Waals surface area contributed by atoms with Crippen LogP contribution in [-0.4, -0.2) is 44.2 Å². The Labute approximate surface area is 155 Å². The number of amides is 1. The predicted molar refractivity (Wildman–Crippen MR) is 98.8 cm³/mol. The number of hydrogen-bond acceptors (Lipinski definition) is 3. The second-order valence-corrected chi connectivity index (χ2v) is 7.07. The molecule has 1 saturated carbocycles. The number of halogens is 2. The summed E-state index contributed by atoms with van der Waals surface area (Å²) in [4.78, 5) is 14.0. The Hall–Kier alpha value is -1.17. The fourth-order valence-electron chi connectivity index (χ4n) is 4.83. The quantitative estimate of drug-likeness (QED) is 0.836. The number of ether oxygens (including phenoxy) is 1. The van der Waals surface area contributed by atoms with Crippen molar-refractivity contribution >= 4 is 18.3 Å². The van der Waals surface area contributed by atoms with Crippen molar-refractivity contribution in [3.8, 4) is 0 Å². The molecule has 6 heteroatoms. The van der Waals surface area contributed by atoms with Gasteiger partial charge in [0.25, 0.3) is 0 Å². The molecule has 0 radical (unpaired) electrons. The summed E-state index contributed by atoms with van der Waals surface area (Å²) in [6, 6.07) is 7.59. The number of carbonyl (C=O) groups is 1. The van der Waals surface area contributed by atoms with Crippen LogP contribution in [0.2, 0.25) is 0 Å². The van der Waals surface area contributed by atoms with E-state index in [9.17, 15) is 9.18 Å². The summed E-state index contributed by atoms with van der Waals surface area (Å²) in [5, 5.41) is 0. The van der Waals surface area contributed by atoms with Crippen molar-refractivity contribution in [2.24, 2.45) is 17.6 Å². The first kappa shape index (κ1) is 20.1. The van der Waals surface area contributed by atoms with Gasteiger partial charge in [0.1, 0.15) is 5.60 Å². The summed E-state index contributed by atoms with van der Waals surface area (Å²) < 4.78 is 18.7. The Balaban J connectivity index is 0.00000225. The topological polar surface area (TPSA) is 55.6 Å². The molecule has 1 aliphatic carbocycles. The highest BCUT2D eigenvalue weighted by atomic mass is 35.5. The average Bonchev–Trinajstić information content (AvgIpc) is 2.59. The lowest BCUT2D eigenvalue weighted by molar-refractivity contribution is -0.169. The van der Waals surface area contributed by atoms with E-state index >= 15 is 0 Å². The molecule has 25 heavy (non-hydrogen) atoms. The number of nitrogens with two attached hydrogens (primary N) is 1. The van der Waals surface area contributed by atoms with Gasteiger partial charge in [-0.25, -0.2) is 0 Å². The zero-order valence-corrected chi connectivity index (χ0v) is 15.6. The molecule has 4 nitrogen and oxygen atoms in total. The van der Waals surface area contributed by atoms with E-state index in [1.54, 1.807) is 13.2 Å². The third kappa shape index (κ3) is 3.69. The van der Waals surface area contributed by atoms with Gasteiger partial charge in [0.15, 0.2) is 0 Å². The van der Waals surface area contributed by atoms with Crippen LogP contribution in [0.3, 0.4) is 0 Å². The van der Waals surface area contributed by atoms with Crippen LogP contribution in [0.1, 0.15) is 41.6 Å². The molecular weight excluding hydrogens is 343 g/mol. The van der Waals surface area contributed by atoms with Crippen LogP contribution in [0.15, 0.2) is 24.3 Å². The first-order chi connectivity index (χ1) is 11.6. The molecule has 3 rings (SSSR count). The number of methoxy groups -OCH3 is 1. The Morgan fingerprint density at radius 3 is 2.60 bits per heavy atom. The number of primary amides is 1. The Kier molecular flexibility index (Phi) is 6.83. The SMILES string of the molecule is COC1(c2cccc(C(N)=O)c2)[C@@H]2CCC[C@H]1CN(CCCF)C2.Cl. The van der Waals surface area contributed by atoms with Gasteiger partial charge in [-0.2, -0.15) is 0 Å². The lowest BCUT2D eigenvalue weighted by Gasteiger charge is -2.55. The van der Waals surface area contributed by atoms with Gasteiger partial charge in [-0.3, -0.25) is 9.18 Å². The Morgan fingerprint density at radius 1 is 1.36 bits per heavy atom. The molecule has 2 bridgehead atoms. The van der Waals surface area contributed by atoms with E-state index in [-0.39, 0.29) is 24.7 Å². The molecule has 3 atom stereocenters. The van der Waals surface area contributed by atoms with E-state index < -0.39 is 5.91 Å². The summed E-state index contributed by atoms with van der Waals surface area (Å²) in [6.07, 6.45) is 3.98. The predicted octanol–water partition coefficient (Wildman–Crippen LogP) is 3.14. The van der Waals surface area contributed by atoms with E-state index in [1.807, 2.05) is 12.1 Å². The number of nitrogens with zero attached hydrogens (tertiary/aromatic N) is 1. The molecule has 1 aromatic carbocycles. The van der Waals surface area contributed by atoms with Gasteiger partial charge in [-0.15, -0.1) is 12.4 Å². The van der Waals surface area contributed by atoms with Crippen LogP contribution in [0.25, 0.3) is 0 Å². The van der Waals surface area contributed by atoms with Gasteiger partial charge in [-0.05, 0) is 37.0 Å². The maximum atomic E-state index is 12.5. The molecule has 1 unspecified atom stereocenters. The third-order valence-electron chi connectivity index (χ3n) is 5.82. The minimum absolute atomic E-state index is 0. The fraction of sp³-hybridized carbons (Fsp3) is 0.632. The van der Waals surface area contributed by atoms with Crippen LogP contribution in [-0.2, 0) is 10.3 Å². The summed E-state index contributed by atoms with van der Waals surface area (Å²) in [7, 11) is 1.78. The number of alkyl halides is 1. The van der Waals surface area contributed by atoms with Gasteiger partial charge in [-0.1, -0.05) is 18.6 Å². The summed E-state index contributed by atoms with van der Waals surface area (Å²) >= 11 is 0. The number of likely N-dealkylation sites (tertiary alicyclic amines) is 1. The number of hydrogen-bond donors (Lipinski definition) is 1. The molecule has 1 aromatic rings. The largest absolute Gasteiger partial charge is 0.373 e. The molecule has 1 heterocycles. The number of benzene rings is 1. The highest BCUT2D eigenvalue weighted by molar-refractivity contribution is 5.92. The monoisotopic (exact) mass is 370 g/mol. The van der Waals surface area contributed by atoms with Crippen molar-refractivity contribution < 1.29 is 13.9 Å². The lowest BCUT2D eigenvalue weighted by atomic mass is 9.62. The van der Waals surface area contributed by atoms with Crippen molar-refractivity contribution in [2.45, 2.75) is 31.3 Å². The molecule has 2 fully saturated rings. The second-order valence-electron chi connectivity index (χ2n) is 7.07. The van der Waals surface area contributed by atoms with E-state index in [0.29, 0.717) is 23.8 Å². The van der Waals surface area contributed by atoms with Gasteiger partial charge in [0.2, 0.25) is 5.91 Å². The molecule has 140 valence electrons. The van der Waals surface area contributed by atoms with E-state index in [4.69, 9.17) is 10.5 Å². The number of piperidine rings is 1. The molecule has 1 aliphatic heterocycles. The Morgan fingerprint density at radius 2 is 2.04 bits per heavy atom. The lowest BCUT2D eigenvalue weighted by Crippen LogP contribution is -2.59. The second kappa shape index (κ2) is 8.47. The zero-order valence-electron chi connectivity index (χ0n) is 14.7. The first-order valence-corrected chi connectivity index (χ1v) is 8.85. The smallest absolute Gasteiger partial charge is 0.248 e. The molecule has 1 amide bonds. The Bertz CT molecular complexity index is 585. The number of carbonyl (C=O) groups excluding carboxylic acids is 1. The van der Waals surface area contributed by atoms with Crippen LogP contribution in [0, 0.1) is 11.8 Å². The van der Waals surface area contributed by atoms with Crippen LogP contribution in [0.5, 0.6) is 0 Å². The van der Waals surface area contributed by atoms with Crippen molar-refractivity contribution in [1.82, 2.24) is 4.90 Å². The van der Waals surface area contributed by atoms with E-state index in [0.717, 1.165) is 38.0 Å². The van der Waals surface area contributed by atoms with Gasteiger partial charge in [0.05, 0.1) is 6.67 Å². The fourth-order valence-corrected chi connectivity index (χ4v) is 4.83. The van der Waals surface area contributed by atoms with Gasteiger partial charge in [0, 0.05) is 44.1 Å². The molecule has 2 N–H and O–H groups in total.